The van der Waals surface area contributed by atoms with Gasteiger partial charge in [0, 0.05) is 26.2 Å². The van der Waals surface area contributed by atoms with Crippen LogP contribution in [0.2, 0.25) is 0 Å². The van der Waals surface area contributed by atoms with Crippen molar-refractivity contribution in [3.8, 4) is 22.9 Å². The molecule has 2 heterocycles. The molecule has 0 saturated carbocycles. The van der Waals surface area contributed by atoms with E-state index in [9.17, 15) is 9.59 Å². The van der Waals surface area contributed by atoms with Crippen molar-refractivity contribution in [2.75, 3.05) is 32.8 Å². The number of nitrogens with zero attached hydrogens (tertiary/aromatic N) is 3. The Labute approximate surface area is 184 Å². The number of piperazine rings is 1. The molecule has 31 heavy (non-hydrogen) atoms. The van der Waals surface area contributed by atoms with E-state index in [1.807, 2.05) is 53.9 Å². The van der Waals surface area contributed by atoms with E-state index >= 15 is 0 Å². The van der Waals surface area contributed by atoms with Gasteiger partial charge in [-0.05, 0) is 46.8 Å². The SMILES string of the molecule is N#Cc1ccc(-c2ccc(OCC(=O)N3CCN(C(=O)c4cccs4)CC3)cc2)cc1. The molecule has 1 aromatic heterocycles. The van der Waals surface area contributed by atoms with Crippen molar-refractivity contribution in [1.82, 2.24) is 9.80 Å². The summed E-state index contributed by atoms with van der Waals surface area (Å²) < 4.78 is 5.67. The van der Waals surface area contributed by atoms with Gasteiger partial charge in [-0.1, -0.05) is 30.3 Å². The molecule has 0 spiro atoms. The van der Waals surface area contributed by atoms with Crippen LogP contribution in [0.4, 0.5) is 0 Å². The first-order valence-corrected chi connectivity index (χ1v) is 10.9. The van der Waals surface area contributed by atoms with Crippen LogP contribution in [0, 0.1) is 11.3 Å². The van der Waals surface area contributed by atoms with Gasteiger partial charge in [0.2, 0.25) is 0 Å². The van der Waals surface area contributed by atoms with E-state index in [-0.39, 0.29) is 18.4 Å². The molecule has 2 aromatic carbocycles. The predicted octanol–water partition coefficient (Wildman–Crippen LogP) is 3.65. The molecule has 0 atom stereocenters. The first-order valence-electron chi connectivity index (χ1n) is 9.98. The van der Waals surface area contributed by atoms with Gasteiger partial charge in [-0.2, -0.15) is 5.26 Å². The minimum absolute atomic E-state index is 0.0284. The Morgan fingerprint density at radius 3 is 2.10 bits per heavy atom. The van der Waals surface area contributed by atoms with Crippen molar-refractivity contribution < 1.29 is 14.3 Å². The number of carbonyl (C=O) groups is 2. The standard InChI is InChI=1S/C24H21N3O3S/c25-16-18-3-5-19(6-4-18)20-7-9-21(10-8-20)30-17-23(28)26-11-13-27(14-12-26)24(29)22-2-1-15-31-22/h1-10,15H,11-14,17H2. The molecule has 0 radical (unpaired) electrons. The van der Waals surface area contributed by atoms with Crippen molar-refractivity contribution in [2.24, 2.45) is 0 Å². The summed E-state index contributed by atoms with van der Waals surface area (Å²) >= 11 is 1.43. The highest BCUT2D eigenvalue weighted by atomic mass is 32.1. The van der Waals surface area contributed by atoms with Gasteiger partial charge in [-0.25, -0.2) is 0 Å². The van der Waals surface area contributed by atoms with E-state index in [0.29, 0.717) is 37.5 Å². The number of ether oxygens (including phenoxy) is 1. The summed E-state index contributed by atoms with van der Waals surface area (Å²) in [5, 5.41) is 10.8. The normalized spacial score (nSPS) is 13.5. The van der Waals surface area contributed by atoms with E-state index in [1.54, 1.807) is 21.9 Å². The Balaban J connectivity index is 1.26. The maximum Gasteiger partial charge on any atom is 0.264 e. The van der Waals surface area contributed by atoms with Crippen LogP contribution in [0.1, 0.15) is 15.2 Å². The van der Waals surface area contributed by atoms with E-state index in [1.165, 1.54) is 11.3 Å². The van der Waals surface area contributed by atoms with Crippen molar-refractivity contribution in [3.63, 3.8) is 0 Å². The van der Waals surface area contributed by atoms with E-state index < -0.39 is 0 Å². The number of carbonyl (C=O) groups excluding carboxylic acids is 2. The van der Waals surface area contributed by atoms with Gasteiger partial charge in [0.05, 0.1) is 16.5 Å². The zero-order chi connectivity index (χ0) is 21.6. The highest BCUT2D eigenvalue weighted by molar-refractivity contribution is 7.12. The molecule has 156 valence electrons. The molecule has 2 amide bonds. The summed E-state index contributed by atoms with van der Waals surface area (Å²) in [7, 11) is 0. The van der Waals surface area contributed by atoms with Gasteiger partial charge >= 0.3 is 0 Å². The second-order valence-corrected chi connectivity index (χ2v) is 8.10. The third-order valence-electron chi connectivity index (χ3n) is 5.22. The Bertz CT molecular complexity index is 1080. The van der Waals surface area contributed by atoms with Crippen LogP contribution in [-0.2, 0) is 4.79 Å². The van der Waals surface area contributed by atoms with Crippen molar-refractivity contribution in [3.05, 3.63) is 76.5 Å². The number of hydrogen-bond acceptors (Lipinski definition) is 5. The lowest BCUT2D eigenvalue weighted by atomic mass is 10.0. The molecule has 0 aliphatic carbocycles. The number of nitriles is 1. The van der Waals surface area contributed by atoms with Crippen LogP contribution >= 0.6 is 11.3 Å². The third kappa shape index (κ3) is 4.93. The quantitative estimate of drug-likeness (QED) is 0.618. The van der Waals surface area contributed by atoms with Crippen molar-refractivity contribution in [2.45, 2.75) is 0 Å². The first-order chi connectivity index (χ1) is 15.1. The largest absolute Gasteiger partial charge is 0.484 e. The predicted molar refractivity (Wildman–Crippen MR) is 119 cm³/mol. The summed E-state index contributed by atoms with van der Waals surface area (Å²) in [5.41, 5.74) is 2.64. The molecule has 4 rings (SSSR count). The zero-order valence-electron chi connectivity index (χ0n) is 16.9. The third-order valence-corrected chi connectivity index (χ3v) is 6.07. The van der Waals surface area contributed by atoms with Gasteiger partial charge in [0.25, 0.3) is 11.8 Å². The lowest BCUT2D eigenvalue weighted by molar-refractivity contribution is -0.134. The molecular formula is C24H21N3O3S. The van der Waals surface area contributed by atoms with E-state index in [4.69, 9.17) is 10.00 Å². The van der Waals surface area contributed by atoms with Gasteiger partial charge in [-0.15, -0.1) is 11.3 Å². The molecule has 0 N–H and O–H groups in total. The Kier molecular flexibility index (Phi) is 6.29. The summed E-state index contributed by atoms with van der Waals surface area (Å²) in [4.78, 5) is 29.2. The topological polar surface area (TPSA) is 73.6 Å². The Hall–Kier alpha value is -3.63. The fourth-order valence-electron chi connectivity index (χ4n) is 3.43. The fourth-order valence-corrected chi connectivity index (χ4v) is 4.12. The molecule has 1 aliphatic rings. The molecular weight excluding hydrogens is 410 g/mol. The van der Waals surface area contributed by atoms with Crippen molar-refractivity contribution >= 4 is 23.2 Å². The molecule has 1 fully saturated rings. The van der Waals surface area contributed by atoms with Crippen LogP contribution in [0.25, 0.3) is 11.1 Å². The number of amides is 2. The summed E-state index contributed by atoms with van der Waals surface area (Å²) in [5.74, 6) is 0.567. The van der Waals surface area contributed by atoms with E-state index in [2.05, 4.69) is 6.07 Å². The fraction of sp³-hybridized carbons (Fsp3) is 0.208. The highest BCUT2D eigenvalue weighted by Crippen LogP contribution is 2.23. The lowest BCUT2D eigenvalue weighted by Crippen LogP contribution is -2.51. The molecule has 0 unspecified atom stereocenters. The molecule has 0 bridgehead atoms. The van der Waals surface area contributed by atoms with Gasteiger partial charge in [0.15, 0.2) is 6.61 Å². The van der Waals surface area contributed by atoms with Crippen LogP contribution in [0.3, 0.4) is 0 Å². The minimum atomic E-state index is -0.0839. The summed E-state index contributed by atoms with van der Waals surface area (Å²) in [6.07, 6.45) is 0. The Morgan fingerprint density at radius 1 is 0.903 bits per heavy atom. The minimum Gasteiger partial charge on any atom is -0.484 e. The van der Waals surface area contributed by atoms with Crippen LogP contribution in [0.15, 0.2) is 66.0 Å². The Morgan fingerprint density at radius 2 is 1.52 bits per heavy atom. The first kappa shape index (κ1) is 20.6. The van der Waals surface area contributed by atoms with Gasteiger partial charge in [0.1, 0.15) is 5.75 Å². The molecule has 3 aromatic rings. The smallest absolute Gasteiger partial charge is 0.264 e. The van der Waals surface area contributed by atoms with Crippen LogP contribution < -0.4 is 4.74 Å². The average Bonchev–Trinajstić information content (AvgIpc) is 3.38. The van der Waals surface area contributed by atoms with Crippen molar-refractivity contribution in [1.29, 1.82) is 5.26 Å². The zero-order valence-corrected chi connectivity index (χ0v) is 17.7. The monoisotopic (exact) mass is 431 g/mol. The van der Waals surface area contributed by atoms with Crippen LogP contribution in [-0.4, -0.2) is 54.4 Å². The molecule has 1 aliphatic heterocycles. The number of hydrogen-bond donors (Lipinski definition) is 0. The summed E-state index contributed by atoms with van der Waals surface area (Å²) in [6.45, 7) is 2.05. The maximum atomic E-state index is 12.5. The second kappa shape index (κ2) is 9.45. The lowest BCUT2D eigenvalue weighted by Gasteiger charge is -2.34. The van der Waals surface area contributed by atoms with Gasteiger partial charge in [-0.3, -0.25) is 9.59 Å². The maximum absolute atomic E-state index is 12.5. The van der Waals surface area contributed by atoms with E-state index in [0.717, 1.165) is 16.0 Å². The molecule has 1 saturated heterocycles. The summed E-state index contributed by atoms with van der Waals surface area (Å²) in [6, 6.07) is 20.7. The number of rotatable bonds is 5. The van der Waals surface area contributed by atoms with Gasteiger partial charge < -0.3 is 14.5 Å². The highest BCUT2D eigenvalue weighted by Gasteiger charge is 2.25. The number of thiophene rings is 1. The average molecular weight is 432 g/mol. The molecule has 6 nitrogen and oxygen atoms in total. The van der Waals surface area contributed by atoms with Crippen LogP contribution in [0.5, 0.6) is 5.75 Å². The second-order valence-electron chi connectivity index (χ2n) is 7.15. The molecule has 7 heteroatoms. The number of benzene rings is 2.